The van der Waals surface area contributed by atoms with E-state index in [1.807, 2.05) is 17.7 Å². The highest BCUT2D eigenvalue weighted by Crippen LogP contribution is 2.22. The predicted octanol–water partition coefficient (Wildman–Crippen LogP) is 3.12. The zero-order valence-electron chi connectivity index (χ0n) is 11.9. The molecule has 1 aromatic carbocycles. The van der Waals surface area contributed by atoms with Crippen LogP contribution in [0.25, 0.3) is 11.0 Å². The van der Waals surface area contributed by atoms with E-state index in [2.05, 4.69) is 39.8 Å². The largest absolute Gasteiger partial charge is 0.329 e. The molecule has 1 heterocycles. The van der Waals surface area contributed by atoms with Gasteiger partial charge in [-0.05, 0) is 37.8 Å². The maximum absolute atomic E-state index is 12.3. The molecule has 0 amide bonds. The molecule has 1 aromatic heterocycles. The Morgan fingerprint density at radius 3 is 2.39 bits per heavy atom. The average molecular weight is 246 g/mol. The molecule has 0 saturated heterocycles. The van der Waals surface area contributed by atoms with Gasteiger partial charge in [-0.1, -0.05) is 26.0 Å². The second kappa shape index (κ2) is 4.63. The lowest BCUT2D eigenvalue weighted by Gasteiger charge is -2.09. The maximum Gasteiger partial charge on any atom is 0.329 e. The minimum absolute atomic E-state index is 0.0798. The molecule has 0 atom stereocenters. The molecule has 0 N–H and O–H groups in total. The molecule has 0 aliphatic carbocycles. The Hall–Kier alpha value is -1.51. The van der Waals surface area contributed by atoms with E-state index in [0.29, 0.717) is 5.92 Å². The molecule has 0 spiro atoms. The normalized spacial score (nSPS) is 11.9. The van der Waals surface area contributed by atoms with Crippen LogP contribution in [0, 0.1) is 5.92 Å². The lowest BCUT2D eigenvalue weighted by molar-refractivity contribution is 0.583. The quantitative estimate of drug-likeness (QED) is 0.817. The van der Waals surface area contributed by atoms with Crippen LogP contribution in [-0.2, 0) is 13.5 Å². The van der Waals surface area contributed by atoms with E-state index in [9.17, 15) is 4.79 Å². The topological polar surface area (TPSA) is 26.9 Å². The van der Waals surface area contributed by atoms with E-state index in [1.54, 1.807) is 4.57 Å². The van der Waals surface area contributed by atoms with Crippen molar-refractivity contribution in [3.05, 3.63) is 34.2 Å². The number of imidazole rings is 1. The second-order valence-corrected chi connectivity index (χ2v) is 5.69. The highest BCUT2D eigenvalue weighted by Gasteiger charge is 2.15. The molecule has 0 aliphatic heterocycles. The van der Waals surface area contributed by atoms with Crippen molar-refractivity contribution >= 4 is 11.0 Å². The summed E-state index contributed by atoms with van der Waals surface area (Å²) in [6.07, 6.45) is 1.01. The van der Waals surface area contributed by atoms with Gasteiger partial charge in [-0.25, -0.2) is 4.79 Å². The first-order chi connectivity index (χ1) is 8.43. The van der Waals surface area contributed by atoms with Crippen LogP contribution in [0.4, 0.5) is 0 Å². The minimum Gasteiger partial charge on any atom is -0.295 e. The van der Waals surface area contributed by atoms with Gasteiger partial charge in [0.15, 0.2) is 0 Å². The molecular weight excluding hydrogens is 224 g/mol. The van der Waals surface area contributed by atoms with Gasteiger partial charge in [0.1, 0.15) is 0 Å². The highest BCUT2D eigenvalue weighted by atomic mass is 16.1. The van der Waals surface area contributed by atoms with Gasteiger partial charge in [0, 0.05) is 13.1 Å². The van der Waals surface area contributed by atoms with Gasteiger partial charge < -0.3 is 0 Å². The van der Waals surface area contributed by atoms with E-state index in [4.69, 9.17) is 0 Å². The van der Waals surface area contributed by atoms with Gasteiger partial charge in [0.25, 0.3) is 0 Å². The zero-order chi connectivity index (χ0) is 13.4. The fourth-order valence-electron chi connectivity index (χ4n) is 2.62. The highest BCUT2D eigenvalue weighted by molar-refractivity contribution is 5.80. The van der Waals surface area contributed by atoms with Crippen molar-refractivity contribution in [2.24, 2.45) is 13.0 Å². The summed E-state index contributed by atoms with van der Waals surface area (Å²) < 4.78 is 3.66. The van der Waals surface area contributed by atoms with Crippen molar-refractivity contribution in [1.29, 1.82) is 0 Å². The summed E-state index contributed by atoms with van der Waals surface area (Å²) in [5.74, 6) is 0.591. The summed E-state index contributed by atoms with van der Waals surface area (Å²) in [7, 11) is 1.87. The van der Waals surface area contributed by atoms with Crippen molar-refractivity contribution in [1.82, 2.24) is 9.13 Å². The molecule has 98 valence electrons. The number of para-hydroxylation sites is 1. The van der Waals surface area contributed by atoms with Crippen molar-refractivity contribution in [3.63, 3.8) is 0 Å². The Morgan fingerprint density at radius 2 is 1.83 bits per heavy atom. The molecule has 0 aliphatic rings. The summed E-state index contributed by atoms with van der Waals surface area (Å²) >= 11 is 0. The summed E-state index contributed by atoms with van der Waals surface area (Å²) in [6.45, 7) is 8.51. The number of nitrogens with zero attached hydrogens (tertiary/aromatic N) is 2. The Kier molecular flexibility index (Phi) is 3.33. The Bertz CT molecular complexity index is 617. The summed E-state index contributed by atoms with van der Waals surface area (Å²) in [5.41, 5.74) is 3.48. The number of hydrogen-bond acceptors (Lipinski definition) is 1. The van der Waals surface area contributed by atoms with Gasteiger partial charge in [-0.15, -0.1) is 0 Å². The molecule has 18 heavy (non-hydrogen) atoms. The molecule has 0 saturated carbocycles. The van der Waals surface area contributed by atoms with Crippen molar-refractivity contribution in [2.45, 2.75) is 40.2 Å². The number of hydrogen-bond donors (Lipinski definition) is 0. The van der Waals surface area contributed by atoms with Crippen LogP contribution < -0.4 is 5.69 Å². The van der Waals surface area contributed by atoms with Crippen LogP contribution in [0.3, 0.4) is 0 Å². The van der Waals surface area contributed by atoms with Crippen LogP contribution in [0.2, 0.25) is 0 Å². The minimum atomic E-state index is 0.0798. The monoisotopic (exact) mass is 246 g/mol. The van der Waals surface area contributed by atoms with E-state index >= 15 is 0 Å². The van der Waals surface area contributed by atoms with Crippen molar-refractivity contribution in [2.75, 3.05) is 0 Å². The van der Waals surface area contributed by atoms with Gasteiger partial charge in [-0.2, -0.15) is 0 Å². The molecular formula is C15H22N2O. The lowest BCUT2D eigenvalue weighted by atomic mass is 10.0. The summed E-state index contributed by atoms with van der Waals surface area (Å²) in [6, 6.07) is 6.42. The third-order valence-corrected chi connectivity index (χ3v) is 3.33. The lowest BCUT2D eigenvalue weighted by Crippen LogP contribution is -2.23. The standard InChI is InChI=1S/C15H22N2O/c1-10(2)9-12-7-6-8-13-14(12)16(5)15(18)17(13)11(3)4/h6-8,10-11H,9H2,1-5H3. The molecule has 0 bridgehead atoms. The van der Waals surface area contributed by atoms with Gasteiger partial charge in [0.05, 0.1) is 11.0 Å². The number of fused-ring (bicyclic) bond motifs is 1. The number of benzene rings is 1. The second-order valence-electron chi connectivity index (χ2n) is 5.69. The van der Waals surface area contributed by atoms with Gasteiger partial charge >= 0.3 is 5.69 Å². The molecule has 0 radical (unpaired) electrons. The van der Waals surface area contributed by atoms with E-state index < -0.39 is 0 Å². The fraction of sp³-hybridized carbons (Fsp3) is 0.533. The first kappa shape index (κ1) is 12.9. The Labute approximate surface area is 108 Å². The number of rotatable bonds is 3. The molecule has 0 unspecified atom stereocenters. The van der Waals surface area contributed by atoms with E-state index in [1.165, 1.54) is 5.56 Å². The van der Waals surface area contributed by atoms with E-state index in [-0.39, 0.29) is 11.7 Å². The third-order valence-electron chi connectivity index (χ3n) is 3.33. The zero-order valence-corrected chi connectivity index (χ0v) is 11.9. The molecule has 0 fully saturated rings. The van der Waals surface area contributed by atoms with Crippen LogP contribution in [0.5, 0.6) is 0 Å². The summed E-state index contributed by atoms with van der Waals surface area (Å²) in [4.78, 5) is 12.3. The fourth-order valence-corrected chi connectivity index (χ4v) is 2.62. The molecule has 2 rings (SSSR count). The Morgan fingerprint density at radius 1 is 1.17 bits per heavy atom. The third kappa shape index (κ3) is 1.98. The molecule has 3 nitrogen and oxygen atoms in total. The number of aromatic nitrogens is 2. The molecule has 3 heteroatoms. The summed E-state index contributed by atoms with van der Waals surface area (Å²) in [5, 5.41) is 0. The Balaban J connectivity index is 2.78. The predicted molar refractivity (Wildman–Crippen MR) is 76.1 cm³/mol. The van der Waals surface area contributed by atoms with Crippen LogP contribution in [-0.4, -0.2) is 9.13 Å². The average Bonchev–Trinajstić information content (AvgIpc) is 2.52. The SMILES string of the molecule is CC(C)Cc1cccc2c1n(C)c(=O)n2C(C)C. The number of aryl methyl sites for hydroxylation is 1. The smallest absolute Gasteiger partial charge is 0.295 e. The first-order valence-electron chi connectivity index (χ1n) is 6.62. The first-order valence-corrected chi connectivity index (χ1v) is 6.62. The van der Waals surface area contributed by atoms with Crippen LogP contribution in [0.15, 0.2) is 23.0 Å². The maximum atomic E-state index is 12.3. The molecule has 2 aromatic rings. The van der Waals surface area contributed by atoms with E-state index in [0.717, 1.165) is 17.5 Å². The van der Waals surface area contributed by atoms with Gasteiger partial charge in [0.2, 0.25) is 0 Å². The van der Waals surface area contributed by atoms with Crippen LogP contribution in [0.1, 0.15) is 39.3 Å². The van der Waals surface area contributed by atoms with Crippen molar-refractivity contribution in [3.8, 4) is 0 Å². The van der Waals surface area contributed by atoms with Crippen LogP contribution >= 0.6 is 0 Å². The van der Waals surface area contributed by atoms with Crippen molar-refractivity contribution < 1.29 is 0 Å². The van der Waals surface area contributed by atoms with Gasteiger partial charge in [-0.3, -0.25) is 9.13 Å².